The molecule has 0 amide bonds. The Morgan fingerprint density at radius 1 is 1.10 bits per heavy atom. The molecule has 0 bridgehead atoms. The third kappa shape index (κ3) is 3.11. The summed E-state index contributed by atoms with van der Waals surface area (Å²) in [5.74, 6) is 2.73. The first-order valence-electron chi connectivity index (χ1n) is 10.3. The van der Waals surface area contributed by atoms with E-state index in [0.717, 1.165) is 72.2 Å². The molecule has 4 heterocycles. The SMILES string of the molecule is c1ccc2oc([C@H]3CCCN(Cc4cn[nH]c4-c4ccc5c(c4)OCO5)C3)nc2c1. The van der Waals surface area contributed by atoms with Crippen LogP contribution in [-0.4, -0.2) is 40.0 Å². The Bertz CT molecular complexity index is 1170. The highest BCUT2D eigenvalue weighted by Gasteiger charge is 2.26. The maximum atomic E-state index is 6.04. The second kappa shape index (κ2) is 7.18. The van der Waals surface area contributed by atoms with Crippen molar-refractivity contribution in [2.75, 3.05) is 19.9 Å². The molecule has 2 aromatic heterocycles. The van der Waals surface area contributed by atoms with Gasteiger partial charge in [0.2, 0.25) is 6.79 Å². The quantitative estimate of drug-likeness (QED) is 0.548. The predicted molar refractivity (Wildman–Crippen MR) is 111 cm³/mol. The van der Waals surface area contributed by atoms with Gasteiger partial charge in [0.25, 0.3) is 0 Å². The highest BCUT2D eigenvalue weighted by molar-refractivity contribution is 5.72. The summed E-state index contributed by atoms with van der Waals surface area (Å²) in [4.78, 5) is 7.19. The summed E-state index contributed by atoms with van der Waals surface area (Å²) in [7, 11) is 0. The van der Waals surface area contributed by atoms with Crippen LogP contribution in [-0.2, 0) is 6.54 Å². The van der Waals surface area contributed by atoms with Crippen molar-refractivity contribution in [1.82, 2.24) is 20.1 Å². The first kappa shape index (κ1) is 17.5. The van der Waals surface area contributed by atoms with Gasteiger partial charge in [-0.05, 0) is 49.7 Å². The van der Waals surface area contributed by atoms with Gasteiger partial charge in [0, 0.05) is 30.1 Å². The highest BCUT2D eigenvalue weighted by atomic mass is 16.7. The van der Waals surface area contributed by atoms with Gasteiger partial charge in [0.1, 0.15) is 5.52 Å². The zero-order chi connectivity index (χ0) is 19.9. The predicted octanol–water partition coefficient (Wildman–Crippen LogP) is 4.33. The molecule has 2 aromatic carbocycles. The molecule has 152 valence electrons. The van der Waals surface area contributed by atoms with Gasteiger partial charge in [0.15, 0.2) is 23.0 Å². The Balaban J connectivity index is 1.21. The third-order valence-corrected chi connectivity index (χ3v) is 5.94. The van der Waals surface area contributed by atoms with E-state index in [1.54, 1.807) is 0 Å². The maximum Gasteiger partial charge on any atom is 0.231 e. The molecule has 1 fully saturated rings. The number of para-hydroxylation sites is 2. The second-order valence-electron chi connectivity index (χ2n) is 7.93. The Labute approximate surface area is 173 Å². The molecule has 0 unspecified atom stereocenters. The number of benzene rings is 2. The molecule has 2 aliphatic rings. The molecule has 0 radical (unpaired) electrons. The number of aromatic amines is 1. The fraction of sp³-hybridized carbons (Fsp3) is 0.304. The minimum absolute atomic E-state index is 0.277. The van der Waals surface area contributed by atoms with E-state index in [-0.39, 0.29) is 6.79 Å². The number of piperidine rings is 1. The number of hydrogen-bond donors (Lipinski definition) is 1. The van der Waals surface area contributed by atoms with Gasteiger partial charge in [-0.1, -0.05) is 12.1 Å². The number of nitrogens with zero attached hydrogens (tertiary/aromatic N) is 3. The van der Waals surface area contributed by atoms with Crippen LogP contribution in [0.25, 0.3) is 22.4 Å². The Morgan fingerprint density at radius 3 is 3.00 bits per heavy atom. The summed E-state index contributed by atoms with van der Waals surface area (Å²) in [6.07, 6.45) is 4.15. The van der Waals surface area contributed by atoms with Gasteiger partial charge in [-0.15, -0.1) is 0 Å². The lowest BCUT2D eigenvalue weighted by Crippen LogP contribution is -2.34. The van der Waals surface area contributed by atoms with Crippen LogP contribution < -0.4 is 9.47 Å². The molecule has 7 heteroatoms. The number of nitrogens with one attached hydrogen (secondary N) is 1. The summed E-state index contributed by atoms with van der Waals surface area (Å²) in [6.45, 7) is 3.09. The van der Waals surface area contributed by atoms with Gasteiger partial charge in [-0.2, -0.15) is 5.10 Å². The van der Waals surface area contributed by atoms with E-state index in [9.17, 15) is 0 Å². The lowest BCUT2D eigenvalue weighted by molar-refractivity contribution is 0.174. The number of likely N-dealkylation sites (tertiary alicyclic amines) is 1. The Morgan fingerprint density at radius 2 is 2.03 bits per heavy atom. The van der Waals surface area contributed by atoms with E-state index in [4.69, 9.17) is 18.9 Å². The zero-order valence-electron chi connectivity index (χ0n) is 16.5. The van der Waals surface area contributed by atoms with Crippen molar-refractivity contribution in [3.63, 3.8) is 0 Å². The summed E-state index contributed by atoms with van der Waals surface area (Å²) < 4.78 is 17.0. The van der Waals surface area contributed by atoms with Crippen LogP contribution >= 0.6 is 0 Å². The van der Waals surface area contributed by atoms with Gasteiger partial charge in [-0.3, -0.25) is 10.00 Å². The fourth-order valence-corrected chi connectivity index (χ4v) is 4.44. The van der Waals surface area contributed by atoms with E-state index in [2.05, 4.69) is 15.1 Å². The highest BCUT2D eigenvalue weighted by Crippen LogP contribution is 2.37. The average Bonchev–Trinajstić information content (AvgIpc) is 3.52. The van der Waals surface area contributed by atoms with Crippen LogP contribution in [0.2, 0.25) is 0 Å². The smallest absolute Gasteiger partial charge is 0.231 e. The van der Waals surface area contributed by atoms with Crippen molar-refractivity contribution < 1.29 is 13.9 Å². The molecule has 1 N–H and O–H groups in total. The van der Waals surface area contributed by atoms with Crippen molar-refractivity contribution >= 4 is 11.1 Å². The van der Waals surface area contributed by atoms with Crippen molar-refractivity contribution in [3.05, 3.63) is 60.1 Å². The number of rotatable bonds is 4. The first-order chi connectivity index (χ1) is 14.8. The standard InChI is InChI=1S/C23H22N4O3/c1-2-6-19-18(5-1)25-23(30-19)16-4-3-9-27(12-16)13-17-11-24-26-22(17)15-7-8-20-21(10-15)29-14-28-20/h1-2,5-8,10-11,16H,3-4,9,12-14H2,(H,24,26)/t16-/m0/s1. The molecule has 4 aromatic rings. The normalized spacial score (nSPS) is 18.9. The molecule has 0 aliphatic carbocycles. The van der Waals surface area contributed by atoms with Gasteiger partial charge in [0.05, 0.1) is 11.9 Å². The van der Waals surface area contributed by atoms with Gasteiger partial charge >= 0.3 is 0 Å². The van der Waals surface area contributed by atoms with Crippen molar-refractivity contribution in [1.29, 1.82) is 0 Å². The average molecular weight is 402 g/mol. The van der Waals surface area contributed by atoms with Crippen LogP contribution in [0.5, 0.6) is 11.5 Å². The summed E-state index contributed by atoms with van der Waals surface area (Å²) in [6, 6.07) is 14.0. The number of oxazole rings is 1. The van der Waals surface area contributed by atoms with Crippen molar-refractivity contribution in [2.24, 2.45) is 0 Å². The number of H-pyrrole nitrogens is 1. The molecule has 1 saturated heterocycles. The van der Waals surface area contributed by atoms with Crippen LogP contribution in [0.15, 0.2) is 53.1 Å². The molecule has 6 rings (SSSR count). The van der Waals surface area contributed by atoms with Crippen LogP contribution in [0.3, 0.4) is 0 Å². The van der Waals surface area contributed by atoms with E-state index < -0.39 is 0 Å². The molecule has 2 aliphatic heterocycles. The van der Waals surface area contributed by atoms with Crippen LogP contribution in [0.1, 0.15) is 30.2 Å². The monoisotopic (exact) mass is 402 g/mol. The Hall–Kier alpha value is -3.32. The van der Waals surface area contributed by atoms with Gasteiger partial charge < -0.3 is 13.9 Å². The topological polar surface area (TPSA) is 76.4 Å². The second-order valence-corrected chi connectivity index (χ2v) is 7.93. The summed E-state index contributed by atoms with van der Waals surface area (Å²) >= 11 is 0. The molecular formula is C23H22N4O3. The first-order valence-corrected chi connectivity index (χ1v) is 10.3. The summed E-state index contributed by atoms with van der Waals surface area (Å²) in [5, 5.41) is 7.47. The molecule has 30 heavy (non-hydrogen) atoms. The van der Waals surface area contributed by atoms with E-state index in [0.29, 0.717) is 5.92 Å². The minimum atomic E-state index is 0.277. The van der Waals surface area contributed by atoms with Crippen molar-refractivity contribution in [2.45, 2.75) is 25.3 Å². The van der Waals surface area contributed by atoms with Crippen LogP contribution in [0.4, 0.5) is 0 Å². The molecule has 7 nitrogen and oxygen atoms in total. The number of aromatic nitrogens is 3. The largest absolute Gasteiger partial charge is 0.454 e. The number of hydrogen-bond acceptors (Lipinski definition) is 6. The summed E-state index contributed by atoms with van der Waals surface area (Å²) in [5.41, 5.74) is 5.05. The molecule has 0 spiro atoms. The van der Waals surface area contributed by atoms with E-state index in [1.165, 1.54) is 5.56 Å². The van der Waals surface area contributed by atoms with Crippen molar-refractivity contribution in [3.8, 4) is 22.8 Å². The Kier molecular flexibility index (Phi) is 4.19. The lowest BCUT2D eigenvalue weighted by atomic mass is 9.97. The minimum Gasteiger partial charge on any atom is -0.454 e. The fourth-order valence-electron chi connectivity index (χ4n) is 4.44. The molecular weight excluding hydrogens is 380 g/mol. The lowest BCUT2D eigenvalue weighted by Gasteiger charge is -2.31. The maximum absolute atomic E-state index is 6.04. The molecule has 1 atom stereocenters. The third-order valence-electron chi connectivity index (χ3n) is 5.94. The van der Waals surface area contributed by atoms with Gasteiger partial charge in [-0.25, -0.2) is 4.98 Å². The van der Waals surface area contributed by atoms with Crippen LogP contribution in [0, 0.1) is 0 Å². The zero-order valence-corrected chi connectivity index (χ0v) is 16.5. The number of ether oxygens (including phenoxy) is 2. The van der Waals surface area contributed by atoms with E-state index >= 15 is 0 Å². The molecule has 0 saturated carbocycles. The van der Waals surface area contributed by atoms with E-state index in [1.807, 2.05) is 48.7 Å². The number of fused-ring (bicyclic) bond motifs is 2.